The van der Waals surface area contributed by atoms with Gasteiger partial charge in [-0.15, -0.1) is 0 Å². The zero-order valence-electron chi connectivity index (χ0n) is 11.1. The number of rotatable bonds is 6. The van der Waals surface area contributed by atoms with E-state index >= 15 is 0 Å². The van der Waals surface area contributed by atoms with Crippen LogP contribution in [0.5, 0.6) is 0 Å². The van der Waals surface area contributed by atoms with Crippen LogP contribution < -0.4 is 10.5 Å². The molecule has 0 aromatic heterocycles. The predicted molar refractivity (Wildman–Crippen MR) is 72.3 cm³/mol. The largest absolute Gasteiger partial charge is 0.329 e. The van der Waals surface area contributed by atoms with Crippen molar-refractivity contribution in [3.63, 3.8) is 0 Å². The molecule has 6 heteroatoms. The Morgan fingerprint density at radius 3 is 2.83 bits per heavy atom. The summed E-state index contributed by atoms with van der Waals surface area (Å²) in [6.45, 7) is 3.17. The number of nitrogens with two attached hydrogens (primary N) is 1. The molecule has 2 fully saturated rings. The molecule has 2 rings (SSSR count). The van der Waals surface area contributed by atoms with Crippen LogP contribution in [0.25, 0.3) is 0 Å². The van der Waals surface area contributed by atoms with Gasteiger partial charge in [-0.05, 0) is 31.6 Å². The minimum absolute atomic E-state index is 0.0142. The van der Waals surface area contributed by atoms with Gasteiger partial charge < -0.3 is 5.73 Å². The molecule has 3 atom stereocenters. The molecule has 3 N–H and O–H groups in total. The van der Waals surface area contributed by atoms with Crippen molar-refractivity contribution in [2.45, 2.75) is 57.5 Å². The van der Waals surface area contributed by atoms with E-state index in [1.54, 1.807) is 4.31 Å². The minimum atomic E-state index is -3.33. The Morgan fingerprint density at radius 1 is 1.39 bits per heavy atom. The van der Waals surface area contributed by atoms with Gasteiger partial charge in [0.15, 0.2) is 0 Å². The molecule has 1 saturated carbocycles. The minimum Gasteiger partial charge on any atom is -0.329 e. The maximum Gasteiger partial charge on any atom is 0.280 e. The third kappa shape index (κ3) is 3.23. The lowest BCUT2D eigenvalue weighted by molar-refractivity contribution is 0.254. The lowest BCUT2D eigenvalue weighted by Crippen LogP contribution is -2.52. The molecule has 3 unspecified atom stereocenters. The Hall–Kier alpha value is -0.170. The number of hydrogen-bond donors (Lipinski definition) is 2. The first-order chi connectivity index (χ1) is 8.58. The van der Waals surface area contributed by atoms with E-state index in [0.29, 0.717) is 19.0 Å². The van der Waals surface area contributed by atoms with Crippen molar-refractivity contribution in [1.29, 1.82) is 0 Å². The second-order valence-corrected chi connectivity index (χ2v) is 7.16. The van der Waals surface area contributed by atoms with Crippen LogP contribution in [0, 0.1) is 5.92 Å². The van der Waals surface area contributed by atoms with E-state index in [0.717, 1.165) is 38.5 Å². The van der Waals surface area contributed by atoms with Crippen molar-refractivity contribution in [3.8, 4) is 0 Å². The molecule has 1 aliphatic carbocycles. The first-order valence-electron chi connectivity index (χ1n) is 7.07. The maximum absolute atomic E-state index is 12.3. The van der Waals surface area contributed by atoms with E-state index in [4.69, 9.17) is 5.73 Å². The van der Waals surface area contributed by atoms with Crippen molar-refractivity contribution < 1.29 is 8.42 Å². The van der Waals surface area contributed by atoms with Crippen molar-refractivity contribution in [2.75, 3.05) is 13.1 Å². The number of nitrogens with one attached hydrogen (secondary N) is 1. The highest BCUT2D eigenvalue weighted by atomic mass is 32.2. The normalized spacial score (nSPS) is 33.6. The second-order valence-electron chi connectivity index (χ2n) is 5.51. The average molecular weight is 275 g/mol. The van der Waals surface area contributed by atoms with Crippen molar-refractivity contribution in [2.24, 2.45) is 11.7 Å². The van der Waals surface area contributed by atoms with Gasteiger partial charge in [0.2, 0.25) is 0 Å². The highest BCUT2D eigenvalue weighted by Gasteiger charge is 2.41. The molecule has 0 radical (unpaired) electrons. The van der Waals surface area contributed by atoms with Crippen LogP contribution >= 0.6 is 0 Å². The lowest BCUT2D eigenvalue weighted by atomic mass is 10.1. The summed E-state index contributed by atoms with van der Waals surface area (Å²) in [5.74, 6) is 0.547. The maximum atomic E-state index is 12.3. The van der Waals surface area contributed by atoms with Gasteiger partial charge in [-0.1, -0.05) is 19.8 Å². The van der Waals surface area contributed by atoms with Gasteiger partial charge in [0.25, 0.3) is 10.2 Å². The number of nitrogens with zero attached hydrogens (tertiary/aromatic N) is 1. The lowest BCUT2D eigenvalue weighted by Gasteiger charge is -2.33. The highest BCUT2D eigenvalue weighted by Crippen LogP contribution is 2.35. The van der Waals surface area contributed by atoms with E-state index in [-0.39, 0.29) is 12.1 Å². The molecule has 0 spiro atoms. The molecule has 0 bridgehead atoms. The molecule has 18 heavy (non-hydrogen) atoms. The third-order valence-electron chi connectivity index (χ3n) is 4.04. The molecule has 1 aliphatic heterocycles. The van der Waals surface area contributed by atoms with E-state index < -0.39 is 10.2 Å². The molecule has 106 valence electrons. The van der Waals surface area contributed by atoms with Crippen LogP contribution in [0.15, 0.2) is 0 Å². The predicted octanol–water partition coefficient (Wildman–Crippen LogP) is 0.823. The Morgan fingerprint density at radius 2 is 2.17 bits per heavy atom. The van der Waals surface area contributed by atoms with Crippen LogP contribution in [0.2, 0.25) is 0 Å². The van der Waals surface area contributed by atoms with E-state index in [1.165, 1.54) is 0 Å². The molecule has 1 saturated heterocycles. The van der Waals surface area contributed by atoms with Crippen molar-refractivity contribution in [1.82, 2.24) is 9.03 Å². The van der Waals surface area contributed by atoms with Gasteiger partial charge in [-0.25, -0.2) is 0 Å². The fourth-order valence-corrected chi connectivity index (χ4v) is 4.63. The Balaban J connectivity index is 1.93. The number of piperidine rings is 1. The topological polar surface area (TPSA) is 75.4 Å². The Labute approximate surface area is 110 Å². The highest BCUT2D eigenvalue weighted by molar-refractivity contribution is 7.87. The summed E-state index contributed by atoms with van der Waals surface area (Å²) in [5, 5.41) is 0. The summed E-state index contributed by atoms with van der Waals surface area (Å²) >= 11 is 0. The first kappa shape index (κ1) is 14.2. The molecule has 5 nitrogen and oxygen atoms in total. The van der Waals surface area contributed by atoms with Crippen LogP contribution in [-0.2, 0) is 10.2 Å². The van der Waals surface area contributed by atoms with Gasteiger partial charge in [0, 0.05) is 25.2 Å². The zero-order valence-corrected chi connectivity index (χ0v) is 12.0. The SMILES string of the molecule is CCCC1CC1NS(=O)(=O)N1CCCCC1CN. The molecule has 0 aromatic rings. The molecule has 0 amide bonds. The zero-order chi connectivity index (χ0) is 13.2. The molecular formula is C12H25N3O2S. The van der Waals surface area contributed by atoms with E-state index in [9.17, 15) is 8.42 Å². The van der Waals surface area contributed by atoms with Crippen LogP contribution in [-0.4, -0.2) is 37.9 Å². The average Bonchev–Trinajstić information content (AvgIpc) is 3.07. The smallest absolute Gasteiger partial charge is 0.280 e. The van der Waals surface area contributed by atoms with Crippen molar-refractivity contribution >= 4 is 10.2 Å². The molecule has 2 aliphatic rings. The summed E-state index contributed by atoms with van der Waals surface area (Å²) in [5.41, 5.74) is 5.68. The monoisotopic (exact) mass is 275 g/mol. The van der Waals surface area contributed by atoms with Crippen LogP contribution in [0.1, 0.15) is 45.4 Å². The molecule has 0 aromatic carbocycles. The molecular weight excluding hydrogens is 250 g/mol. The first-order valence-corrected chi connectivity index (χ1v) is 8.51. The van der Waals surface area contributed by atoms with Gasteiger partial charge in [0.1, 0.15) is 0 Å². The standard InChI is InChI=1S/C12H25N3O2S/c1-2-5-10-8-12(10)14-18(16,17)15-7-4-3-6-11(15)9-13/h10-12,14H,2-9,13H2,1H3. The summed E-state index contributed by atoms with van der Waals surface area (Å²) in [4.78, 5) is 0. The van der Waals surface area contributed by atoms with Crippen molar-refractivity contribution in [3.05, 3.63) is 0 Å². The van der Waals surface area contributed by atoms with E-state index in [2.05, 4.69) is 11.6 Å². The number of hydrogen-bond acceptors (Lipinski definition) is 3. The summed E-state index contributed by atoms with van der Waals surface area (Å²) in [6, 6.07) is 0.148. The quantitative estimate of drug-likeness (QED) is 0.753. The van der Waals surface area contributed by atoms with Gasteiger partial charge >= 0.3 is 0 Å². The molecule has 1 heterocycles. The van der Waals surface area contributed by atoms with E-state index in [1.807, 2.05) is 0 Å². The van der Waals surface area contributed by atoms with Crippen LogP contribution in [0.4, 0.5) is 0 Å². The Kier molecular flexibility index (Phi) is 4.64. The van der Waals surface area contributed by atoms with Gasteiger partial charge in [-0.2, -0.15) is 17.4 Å². The van der Waals surface area contributed by atoms with Gasteiger partial charge in [0.05, 0.1) is 0 Å². The fraction of sp³-hybridized carbons (Fsp3) is 1.00. The third-order valence-corrected chi connectivity index (χ3v) is 5.74. The fourth-order valence-electron chi connectivity index (χ4n) is 2.87. The van der Waals surface area contributed by atoms with Gasteiger partial charge in [-0.3, -0.25) is 0 Å². The Bertz CT molecular complexity index is 372. The second kappa shape index (κ2) is 5.86. The summed E-state index contributed by atoms with van der Waals surface area (Å²) < 4.78 is 29.1. The summed E-state index contributed by atoms with van der Waals surface area (Å²) in [7, 11) is -3.33. The summed E-state index contributed by atoms with van der Waals surface area (Å²) in [6.07, 6.45) is 6.15. The van der Waals surface area contributed by atoms with Crippen LogP contribution in [0.3, 0.4) is 0 Å².